The number of H-pyrrole nitrogens is 1. The third-order valence-corrected chi connectivity index (χ3v) is 4.20. The van der Waals surface area contributed by atoms with Crippen LogP contribution in [0.15, 0.2) is 53.0 Å². The lowest BCUT2D eigenvalue weighted by Gasteiger charge is -2.14. The van der Waals surface area contributed by atoms with Crippen molar-refractivity contribution >= 4 is 10.9 Å². The van der Waals surface area contributed by atoms with Gasteiger partial charge in [-0.05, 0) is 51.5 Å². The van der Waals surface area contributed by atoms with Crippen LogP contribution in [0.1, 0.15) is 25.0 Å². The Bertz CT molecular complexity index is 1040. The first-order chi connectivity index (χ1) is 11.9. The van der Waals surface area contributed by atoms with Gasteiger partial charge in [0.15, 0.2) is 0 Å². The summed E-state index contributed by atoms with van der Waals surface area (Å²) in [5, 5.41) is 0.796. The number of aromatic nitrogens is 1. The summed E-state index contributed by atoms with van der Waals surface area (Å²) in [7, 11) is 0. The van der Waals surface area contributed by atoms with Crippen LogP contribution in [0.4, 0.5) is 4.39 Å². The highest BCUT2D eigenvalue weighted by Gasteiger charge is 2.16. The van der Waals surface area contributed by atoms with Gasteiger partial charge in [0, 0.05) is 27.6 Å². The predicted octanol–water partition coefficient (Wildman–Crippen LogP) is 5.25. The van der Waals surface area contributed by atoms with E-state index in [1.807, 2.05) is 32.9 Å². The van der Waals surface area contributed by atoms with E-state index in [1.54, 1.807) is 31.4 Å². The number of aromatic amines is 1. The molecule has 25 heavy (non-hydrogen) atoms. The maximum absolute atomic E-state index is 14.4. The SMILES string of the molecule is CC(C)=COc1ccc2c(-c3ccccc3F)c(C)c(=O)[nH]c2c1C. The van der Waals surface area contributed by atoms with E-state index in [1.165, 1.54) is 6.07 Å². The maximum Gasteiger partial charge on any atom is 0.251 e. The average Bonchev–Trinajstić information content (AvgIpc) is 2.57. The van der Waals surface area contributed by atoms with Gasteiger partial charge in [-0.1, -0.05) is 18.2 Å². The molecule has 0 saturated heterocycles. The van der Waals surface area contributed by atoms with Gasteiger partial charge in [-0.25, -0.2) is 4.39 Å². The third kappa shape index (κ3) is 3.07. The minimum Gasteiger partial charge on any atom is -0.465 e. The van der Waals surface area contributed by atoms with Crippen LogP contribution in [0.2, 0.25) is 0 Å². The summed E-state index contributed by atoms with van der Waals surface area (Å²) in [6, 6.07) is 10.2. The summed E-state index contributed by atoms with van der Waals surface area (Å²) >= 11 is 0. The number of allylic oxidation sites excluding steroid dienone is 1. The largest absolute Gasteiger partial charge is 0.465 e. The summed E-state index contributed by atoms with van der Waals surface area (Å²) in [5.74, 6) is 0.313. The molecule has 0 fully saturated rings. The quantitative estimate of drug-likeness (QED) is 0.663. The minimum absolute atomic E-state index is 0.229. The van der Waals surface area contributed by atoms with Crippen molar-refractivity contribution < 1.29 is 9.13 Å². The van der Waals surface area contributed by atoms with Gasteiger partial charge in [-0.2, -0.15) is 0 Å². The van der Waals surface area contributed by atoms with Gasteiger partial charge in [0.25, 0.3) is 5.56 Å². The second kappa shape index (κ2) is 6.55. The molecule has 0 amide bonds. The number of ether oxygens (including phenoxy) is 1. The molecule has 0 radical (unpaired) electrons. The van der Waals surface area contributed by atoms with Gasteiger partial charge in [0.05, 0.1) is 11.8 Å². The fourth-order valence-corrected chi connectivity index (χ4v) is 2.90. The van der Waals surface area contributed by atoms with Gasteiger partial charge in [-0.15, -0.1) is 0 Å². The lowest BCUT2D eigenvalue weighted by atomic mass is 9.95. The molecule has 0 aliphatic rings. The van der Waals surface area contributed by atoms with E-state index in [0.717, 1.165) is 16.5 Å². The highest BCUT2D eigenvalue weighted by Crippen LogP contribution is 2.35. The Morgan fingerprint density at radius 3 is 2.48 bits per heavy atom. The van der Waals surface area contributed by atoms with Gasteiger partial charge in [0.2, 0.25) is 0 Å². The molecule has 0 atom stereocenters. The Hall–Kier alpha value is -2.88. The van der Waals surface area contributed by atoms with Gasteiger partial charge >= 0.3 is 0 Å². The monoisotopic (exact) mass is 337 g/mol. The summed E-state index contributed by atoms with van der Waals surface area (Å²) in [6.07, 6.45) is 1.66. The normalized spacial score (nSPS) is 10.8. The average molecular weight is 337 g/mol. The van der Waals surface area contributed by atoms with E-state index >= 15 is 0 Å². The Morgan fingerprint density at radius 1 is 1.08 bits per heavy atom. The van der Waals surface area contributed by atoms with Crippen LogP contribution in [0.25, 0.3) is 22.0 Å². The number of pyridine rings is 1. The van der Waals surface area contributed by atoms with E-state index in [2.05, 4.69) is 4.98 Å². The van der Waals surface area contributed by atoms with Gasteiger partial charge in [0.1, 0.15) is 11.6 Å². The number of halogens is 1. The van der Waals surface area contributed by atoms with E-state index < -0.39 is 0 Å². The summed E-state index contributed by atoms with van der Waals surface area (Å²) in [5.41, 5.74) is 3.81. The number of nitrogens with one attached hydrogen (secondary N) is 1. The van der Waals surface area contributed by atoms with Crippen LogP contribution in [0.3, 0.4) is 0 Å². The molecule has 2 aromatic carbocycles. The van der Waals surface area contributed by atoms with Crippen molar-refractivity contribution in [2.75, 3.05) is 0 Å². The number of aryl methyl sites for hydroxylation is 1. The highest BCUT2D eigenvalue weighted by atomic mass is 19.1. The molecular weight excluding hydrogens is 317 g/mol. The molecule has 0 saturated carbocycles. The molecule has 1 aromatic heterocycles. The van der Waals surface area contributed by atoms with Gasteiger partial charge in [-0.3, -0.25) is 4.79 Å². The summed E-state index contributed by atoms with van der Waals surface area (Å²) < 4.78 is 20.0. The van der Waals surface area contributed by atoms with E-state index in [4.69, 9.17) is 4.74 Å². The van der Waals surface area contributed by atoms with Crippen molar-refractivity contribution in [2.45, 2.75) is 27.7 Å². The van der Waals surface area contributed by atoms with Crippen LogP contribution < -0.4 is 10.3 Å². The zero-order chi connectivity index (χ0) is 18.1. The van der Waals surface area contributed by atoms with Crippen molar-refractivity contribution in [1.82, 2.24) is 4.98 Å². The molecule has 1 heterocycles. The predicted molar refractivity (Wildman–Crippen MR) is 99.5 cm³/mol. The van der Waals surface area contributed by atoms with Gasteiger partial charge < -0.3 is 9.72 Å². The smallest absolute Gasteiger partial charge is 0.251 e. The number of hydrogen-bond acceptors (Lipinski definition) is 2. The third-order valence-electron chi connectivity index (χ3n) is 4.20. The molecule has 0 spiro atoms. The molecule has 0 bridgehead atoms. The molecular formula is C21H20FNO2. The van der Waals surface area contributed by atoms with Crippen LogP contribution in [-0.2, 0) is 0 Å². The first kappa shape index (κ1) is 17.0. The second-order valence-electron chi connectivity index (χ2n) is 6.36. The lowest BCUT2D eigenvalue weighted by Crippen LogP contribution is -2.12. The van der Waals surface area contributed by atoms with Crippen LogP contribution in [0, 0.1) is 19.7 Å². The molecule has 3 rings (SSSR count). The standard InChI is InChI=1S/C21H20FNO2/c1-12(2)11-25-18-10-9-16-19(15-7-5-6-8-17(15)22)14(4)21(24)23-20(16)13(18)3/h5-11H,1-4H3,(H,23,24). The van der Waals surface area contributed by atoms with Crippen LogP contribution >= 0.6 is 0 Å². The fourth-order valence-electron chi connectivity index (χ4n) is 2.90. The highest BCUT2D eigenvalue weighted by molar-refractivity contribution is 5.98. The topological polar surface area (TPSA) is 42.1 Å². The second-order valence-corrected chi connectivity index (χ2v) is 6.36. The molecule has 0 unspecified atom stereocenters. The number of benzene rings is 2. The van der Waals surface area contributed by atoms with Crippen molar-refractivity contribution in [3.05, 3.63) is 75.5 Å². The number of hydrogen-bond donors (Lipinski definition) is 1. The zero-order valence-corrected chi connectivity index (χ0v) is 14.7. The lowest BCUT2D eigenvalue weighted by molar-refractivity contribution is 0.473. The molecule has 0 aliphatic heterocycles. The molecule has 3 nitrogen and oxygen atoms in total. The van der Waals surface area contributed by atoms with Crippen molar-refractivity contribution in [3.63, 3.8) is 0 Å². The Balaban J connectivity index is 2.34. The molecule has 3 aromatic rings. The van der Waals surface area contributed by atoms with E-state index in [-0.39, 0.29) is 11.4 Å². The summed E-state index contributed by atoms with van der Waals surface area (Å²) in [6.45, 7) is 7.48. The van der Waals surface area contributed by atoms with Crippen molar-refractivity contribution in [3.8, 4) is 16.9 Å². The number of rotatable bonds is 3. The van der Waals surface area contributed by atoms with E-state index in [0.29, 0.717) is 28.0 Å². The summed E-state index contributed by atoms with van der Waals surface area (Å²) in [4.78, 5) is 15.3. The van der Waals surface area contributed by atoms with Crippen molar-refractivity contribution in [2.24, 2.45) is 0 Å². The fraction of sp³-hybridized carbons (Fsp3) is 0.190. The first-order valence-electron chi connectivity index (χ1n) is 8.11. The Kier molecular flexibility index (Phi) is 4.45. The Morgan fingerprint density at radius 2 is 1.80 bits per heavy atom. The zero-order valence-electron chi connectivity index (χ0n) is 14.7. The van der Waals surface area contributed by atoms with Crippen LogP contribution in [0.5, 0.6) is 5.75 Å². The molecule has 0 aliphatic carbocycles. The van der Waals surface area contributed by atoms with Crippen LogP contribution in [-0.4, -0.2) is 4.98 Å². The maximum atomic E-state index is 14.4. The molecule has 1 N–H and O–H groups in total. The number of fused-ring (bicyclic) bond motifs is 1. The minimum atomic E-state index is -0.347. The van der Waals surface area contributed by atoms with Crippen molar-refractivity contribution in [1.29, 1.82) is 0 Å². The molecule has 4 heteroatoms. The van der Waals surface area contributed by atoms with E-state index in [9.17, 15) is 9.18 Å². The first-order valence-corrected chi connectivity index (χ1v) is 8.11. The Labute approximate surface area is 145 Å². The molecule has 128 valence electrons.